The van der Waals surface area contributed by atoms with Crippen LogP contribution in [0.4, 0.5) is 0 Å². The molecule has 0 heterocycles. The van der Waals surface area contributed by atoms with Crippen molar-refractivity contribution in [1.29, 1.82) is 0 Å². The van der Waals surface area contributed by atoms with Crippen LogP contribution < -0.4 is 11.1 Å². The molecule has 0 rings (SSSR count). The van der Waals surface area contributed by atoms with Gasteiger partial charge in [-0.25, -0.2) is 0 Å². The third-order valence-electron chi connectivity index (χ3n) is 2.87. The monoisotopic (exact) mass is 200 g/mol. The molecule has 0 aliphatic rings. The van der Waals surface area contributed by atoms with Crippen LogP contribution in [-0.2, 0) is 4.79 Å². The fraction of sp³-hybridized carbons (Fsp3) is 0.909. The molecule has 0 aliphatic heterocycles. The molecular weight excluding hydrogens is 176 g/mol. The van der Waals surface area contributed by atoms with Crippen LogP contribution in [0.15, 0.2) is 0 Å². The lowest BCUT2D eigenvalue weighted by atomic mass is 10.0. The number of amides is 1. The standard InChI is InChI=1S/C11H24N2O/c1-4-9(5-2)8-13-11(14)10(6-3)7-12/h9-10H,4-8,12H2,1-3H3,(H,13,14). The van der Waals surface area contributed by atoms with Crippen molar-refractivity contribution >= 4 is 5.91 Å². The summed E-state index contributed by atoms with van der Waals surface area (Å²) in [6.07, 6.45) is 3.07. The van der Waals surface area contributed by atoms with Gasteiger partial charge in [0.2, 0.25) is 5.91 Å². The molecule has 0 aromatic rings. The summed E-state index contributed by atoms with van der Waals surface area (Å²) >= 11 is 0. The van der Waals surface area contributed by atoms with Gasteiger partial charge in [0.1, 0.15) is 0 Å². The molecule has 0 bridgehead atoms. The maximum Gasteiger partial charge on any atom is 0.224 e. The Morgan fingerprint density at radius 1 is 1.21 bits per heavy atom. The number of hydrogen-bond donors (Lipinski definition) is 2. The Morgan fingerprint density at radius 3 is 2.14 bits per heavy atom. The number of carbonyl (C=O) groups is 1. The summed E-state index contributed by atoms with van der Waals surface area (Å²) < 4.78 is 0. The average Bonchev–Trinajstić information content (AvgIpc) is 2.21. The molecule has 1 atom stereocenters. The van der Waals surface area contributed by atoms with Gasteiger partial charge in [-0.1, -0.05) is 33.6 Å². The summed E-state index contributed by atoms with van der Waals surface area (Å²) in [7, 11) is 0. The molecule has 0 aromatic heterocycles. The van der Waals surface area contributed by atoms with Gasteiger partial charge >= 0.3 is 0 Å². The van der Waals surface area contributed by atoms with Gasteiger partial charge < -0.3 is 11.1 Å². The maximum absolute atomic E-state index is 11.6. The summed E-state index contributed by atoms with van der Waals surface area (Å²) in [5.41, 5.74) is 5.49. The summed E-state index contributed by atoms with van der Waals surface area (Å²) in [5, 5.41) is 2.97. The number of nitrogens with two attached hydrogens (primary N) is 1. The number of carbonyl (C=O) groups excluding carboxylic acids is 1. The van der Waals surface area contributed by atoms with E-state index >= 15 is 0 Å². The van der Waals surface area contributed by atoms with E-state index in [0.29, 0.717) is 12.5 Å². The molecule has 3 N–H and O–H groups in total. The third kappa shape index (κ3) is 4.61. The number of rotatable bonds is 7. The second-order valence-electron chi connectivity index (χ2n) is 3.77. The molecule has 0 aliphatic carbocycles. The summed E-state index contributed by atoms with van der Waals surface area (Å²) in [6.45, 7) is 7.54. The lowest BCUT2D eigenvalue weighted by Crippen LogP contribution is -2.37. The smallest absolute Gasteiger partial charge is 0.224 e. The lowest BCUT2D eigenvalue weighted by Gasteiger charge is -2.16. The SMILES string of the molecule is CCC(CC)CNC(=O)C(CC)CN. The lowest BCUT2D eigenvalue weighted by molar-refractivity contribution is -0.125. The van der Waals surface area contributed by atoms with E-state index in [-0.39, 0.29) is 11.8 Å². The van der Waals surface area contributed by atoms with Crippen molar-refractivity contribution in [2.75, 3.05) is 13.1 Å². The van der Waals surface area contributed by atoms with Crippen LogP contribution in [0.25, 0.3) is 0 Å². The quantitative estimate of drug-likeness (QED) is 0.654. The van der Waals surface area contributed by atoms with Gasteiger partial charge in [0.15, 0.2) is 0 Å². The van der Waals surface area contributed by atoms with E-state index in [0.717, 1.165) is 25.8 Å². The Kier molecular flexibility index (Phi) is 7.48. The molecule has 14 heavy (non-hydrogen) atoms. The van der Waals surface area contributed by atoms with Gasteiger partial charge in [0.05, 0.1) is 0 Å². The molecular formula is C11H24N2O. The van der Waals surface area contributed by atoms with Crippen molar-refractivity contribution in [3.8, 4) is 0 Å². The second kappa shape index (κ2) is 7.80. The van der Waals surface area contributed by atoms with E-state index in [4.69, 9.17) is 5.73 Å². The molecule has 0 saturated heterocycles. The van der Waals surface area contributed by atoms with Crippen molar-refractivity contribution in [1.82, 2.24) is 5.32 Å². The van der Waals surface area contributed by atoms with E-state index in [2.05, 4.69) is 19.2 Å². The molecule has 0 fully saturated rings. The second-order valence-corrected chi connectivity index (χ2v) is 3.77. The predicted octanol–water partition coefficient (Wildman–Crippen LogP) is 1.52. The fourth-order valence-electron chi connectivity index (χ4n) is 1.43. The first-order chi connectivity index (χ1) is 6.69. The van der Waals surface area contributed by atoms with E-state index < -0.39 is 0 Å². The van der Waals surface area contributed by atoms with Crippen LogP contribution in [0.2, 0.25) is 0 Å². The van der Waals surface area contributed by atoms with E-state index in [1.54, 1.807) is 0 Å². The van der Waals surface area contributed by atoms with Crippen molar-refractivity contribution < 1.29 is 4.79 Å². The fourth-order valence-corrected chi connectivity index (χ4v) is 1.43. The largest absolute Gasteiger partial charge is 0.356 e. The summed E-state index contributed by atoms with van der Waals surface area (Å²) in [4.78, 5) is 11.6. The van der Waals surface area contributed by atoms with Gasteiger partial charge in [0, 0.05) is 19.0 Å². The van der Waals surface area contributed by atoms with Crippen molar-refractivity contribution in [3.05, 3.63) is 0 Å². The third-order valence-corrected chi connectivity index (χ3v) is 2.87. The minimum atomic E-state index is -0.00985. The highest BCUT2D eigenvalue weighted by atomic mass is 16.1. The van der Waals surface area contributed by atoms with Crippen LogP contribution in [0.5, 0.6) is 0 Å². The Morgan fingerprint density at radius 2 is 1.79 bits per heavy atom. The number of hydrogen-bond acceptors (Lipinski definition) is 2. The normalized spacial score (nSPS) is 12.9. The van der Waals surface area contributed by atoms with Crippen LogP contribution in [-0.4, -0.2) is 19.0 Å². The zero-order valence-electron chi connectivity index (χ0n) is 9.68. The highest BCUT2D eigenvalue weighted by Crippen LogP contribution is 2.06. The minimum absolute atomic E-state index is 0.00985. The molecule has 0 spiro atoms. The van der Waals surface area contributed by atoms with Crippen molar-refractivity contribution in [3.63, 3.8) is 0 Å². The number of nitrogens with one attached hydrogen (secondary N) is 1. The summed E-state index contributed by atoms with van der Waals surface area (Å²) in [5.74, 6) is 0.709. The zero-order chi connectivity index (χ0) is 11.0. The van der Waals surface area contributed by atoms with E-state index in [1.807, 2.05) is 6.92 Å². The predicted molar refractivity (Wildman–Crippen MR) is 59.9 cm³/mol. The topological polar surface area (TPSA) is 55.1 Å². The molecule has 3 nitrogen and oxygen atoms in total. The van der Waals surface area contributed by atoms with E-state index in [1.165, 1.54) is 0 Å². The zero-order valence-corrected chi connectivity index (χ0v) is 9.68. The molecule has 1 unspecified atom stereocenters. The Labute approximate surface area is 87.4 Å². The van der Waals surface area contributed by atoms with Crippen LogP contribution in [0.1, 0.15) is 40.0 Å². The molecule has 0 radical (unpaired) electrons. The first-order valence-corrected chi connectivity index (χ1v) is 5.67. The Balaban J connectivity index is 3.81. The van der Waals surface area contributed by atoms with Gasteiger partial charge in [-0.2, -0.15) is 0 Å². The van der Waals surface area contributed by atoms with Gasteiger partial charge in [-0.3, -0.25) is 4.79 Å². The Hall–Kier alpha value is -0.570. The summed E-state index contributed by atoms with van der Waals surface area (Å²) in [6, 6.07) is 0. The van der Waals surface area contributed by atoms with Crippen molar-refractivity contribution in [2.24, 2.45) is 17.6 Å². The van der Waals surface area contributed by atoms with Gasteiger partial charge in [-0.15, -0.1) is 0 Å². The molecule has 84 valence electrons. The molecule has 0 saturated carbocycles. The first kappa shape index (κ1) is 13.4. The average molecular weight is 200 g/mol. The Bertz CT molecular complexity index is 151. The first-order valence-electron chi connectivity index (χ1n) is 5.67. The van der Waals surface area contributed by atoms with Gasteiger partial charge in [0.25, 0.3) is 0 Å². The van der Waals surface area contributed by atoms with Crippen LogP contribution in [0, 0.1) is 11.8 Å². The van der Waals surface area contributed by atoms with Crippen LogP contribution in [0.3, 0.4) is 0 Å². The highest BCUT2D eigenvalue weighted by Gasteiger charge is 2.14. The molecule has 1 amide bonds. The van der Waals surface area contributed by atoms with Gasteiger partial charge in [-0.05, 0) is 12.3 Å². The maximum atomic E-state index is 11.6. The van der Waals surface area contributed by atoms with Crippen molar-refractivity contribution in [2.45, 2.75) is 40.0 Å². The molecule has 3 heteroatoms. The van der Waals surface area contributed by atoms with E-state index in [9.17, 15) is 4.79 Å². The minimum Gasteiger partial charge on any atom is -0.356 e. The molecule has 0 aromatic carbocycles. The van der Waals surface area contributed by atoms with Crippen LogP contribution >= 0.6 is 0 Å². The highest BCUT2D eigenvalue weighted by molar-refractivity contribution is 5.78.